The van der Waals surface area contributed by atoms with Crippen molar-refractivity contribution in [1.29, 1.82) is 0 Å². The number of ether oxygens (including phenoxy) is 3. The van der Waals surface area contributed by atoms with E-state index in [1.165, 1.54) is 38.1 Å². The van der Waals surface area contributed by atoms with Crippen LogP contribution in [0.25, 0.3) is 11.1 Å². The van der Waals surface area contributed by atoms with Crippen molar-refractivity contribution in [1.82, 2.24) is 0 Å². The van der Waals surface area contributed by atoms with Gasteiger partial charge >= 0.3 is 12.1 Å². The van der Waals surface area contributed by atoms with Gasteiger partial charge in [-0.05, 0) is 67.6 Å². The molecule has 0 radical (unpaired) electrons. The van der Waals surface area contributed by atoms with Crippen molar-refractivity contribution >= 4 is 5.97 Å². The number of alkyl halides is 3. The van der Waals surface area contributed by atoms with Crippen molar-refractivity contribution in [2.45, 2.75) is 63.0 Å². The number of aliphatic carboxylic acids is 1. The Balaban J connectivity index is 1.43. The van der Waals surface area contributed by atoms with Gasteiger partial charge in [0, 0.05) is 23.1 Å². The Labute approximate surface area is 239 Å². The first-order chi connectivity index (χ1) is 19.7. The summed E-state index contributed by atoms with van der Waals surface area (Å²) in [4.78, 5) is 11.1. The summed E-state index contributed by atoms with van der Waals surface area (Å²) >= 11 is 0. The maximum absolute atomic E-state index is 15.3. The maximum Gasteiger partial charge on any atom is 0.417 e. The molecule has 3 aromatic carbocycles. The number of hydrogen-bond acceptors (Lipinski definition) is 6. The highest BCUT2D eigenvalue weighted by atomic mass is 19.4. The summed E-state index contributed by atoms with van der Waals surface area (Å²) in [6.07, 6.45) is -6.55. The fourth-order valence-corrected chi connectivity index (χ4v) is 5.39. The van der Waals surface area contributed by atoms with E-state index < -0.39 is 41.3 Å². The molecule has 1 aliphatic heterocycles. The normalized spacial score (nSPS) is 18.7. The molecule has 0 saturated heterocycles. The molecule has 2 unspecified atom stereocenters. The van der Waals surface area contributed by atoms with E-state index in [0.29, 0.717) is 17.6 Å². The van der Waals surface area contributed by atoms with E-state index in [1.807, 2.05) is 0 Å². The van der Waals surface area contributed by atoms with Gasteiger partial charge in [-0.25, -0.2) is 4.39 Å². The van der Waals surface area contributed by atoms with Crippen LogP contribution in [-0.2, 0) is 17.4 Å². The van der Waals surface area contributed by atoms with Gasteiger partial charge in [-0.1, -0.05) is 18.2 Å². The summed E-state index contributed by atoms with van der Waals surface area (Å²) in [6.45, 7) is 2.82. The summed E-state index contributed by atoms with van der Waals surface area (Å²) in [5, 5.41) is 29.0. The standard InChI is InChI=1S/C31H30F4O7/c1-30(2,39)26(36)15-40-18-5-3-16(4-6-18)28-21-9-10-24(29(21)23(32)13-22(28)31(33,34)35)42-19-7-8-20-17(11-27(37)38)14-41-25(20)12-19/h3-8,12-13,17,24,26,36,39H,9-11,14-15H2,1-2H3,(H,37,38)/t17?,24-,26?/m1/s1. The van der Waals surface area contributed by atoms with Crippen LogP contribution >= 0.6 is 0 Å². The van der Waals surface area contributed by atoms with Crippen LogP contribution in [0.5, 0.6) is 17.2 Å². The number of fused-ring (bicyclic) bond motifs is 2. The summed E-state index contributed by atoms with van der Waals surface area (Å²) in [5.41, 5.74) is -1.44. The third kappa shape index (κ3) is 6.03. The fraction of sp³-hybridized carbons (Fsp3) is 0.387. The van der Waals surface area contributed by atoms with E-state index in [4.69, 9.17) is 19.3 Å². The van der Waals surface area contributed by atoms with Gasteiger partial charge in [0.05, 0.1) is 24.2 Å². The number of carboxylic acids is 1. The van der Waals surface area contributed by atoms with E-state index in [-0.39, 0.29) is 66.4 Å². The van der Waals surface area contributed by atoms with Crippen LogP contribution in [0.15, 0.2) is 48.5 Å². The third-order valence-electron chi connectivity index (χ3n) is 7.64. The van der Waals surface area contributed by atoms with Gasteiger partial charge in [0.25, 0.3) is 0 Å². The monoisotopic (exact) mass is 590 g/mol. The molecule has 1 aliphatic carbocycles. The minimum Gasteiger partial charge on any atom is -0.492 e. The summed E-state index contributed by atoms with van der Waals surface area (Å²) < 4.78 is 74.9. The van der Waals surface area contributed by atoms with E-state index in [9.17, 15) is 28.2 Å². The average molecular weight is 591 g/mol. The van der Waals surface area contributed by atoms with Crippen molar-refractivity contribution in [2.75, 3.05) is 13.2 Å². The highest BCUT2D eigenvalue weighted by Gasteiger charge is 2.40. The molecule has 3 atom stereocenters. The zero-order chi connectivity index (χ0) is 30.4. The van der Waals surface area contributed by atoms with Crippen molar-refractivity contribution in [3.8, 4) is 28.4 Å². The zero-order valence-corrected chi connectivity index (χ0v) is 22.9. The van der Waals surface area contributed by atoms with Gasteiger partial charge in [0.2, 0.25) is 0 Å². The Hall–Kier alpha value is -3.83. The van der Waals surface area contributed by atoms with Crippen molar-refractivity contribution < 1.29 is 51.9 Å². The molecule has 0 saturated carbocycles. The molecule has 11 heteroatoms. The number of carboxylic acid groups (broad SMARTS) is 1. The van der Waals surface area contributed by atoms with Gasteiger partial charge in [-0.2, -0.15) is 13.2 Å². The number of hydrogen-bond donors (Lipinski definition) is 3. The lowest BCUT2D eigenvalue weighted by Crippen LogP contribution is -2.40. The molecule has 2 aliphatic rings. The SMILES string of the molecule is CC(C)(O)C(O)COc1ccc(-c2c(C(F)(F)F)cc(F)c3c2CC[C@H]3Oc2ccc3c(c2)OCC3CC(=O)O)cc1. The number of rotatable bonds is 9. The van der Waals surface area contributed by atoms with E-state index in [1.54, 1.807) is 18.2 Å². The number of aliphatic hydroxyl groups excluding tert-OH is 1. The number of aliphatic hydroxyl groups is 2. The molecular weight excluding hydrogens is 560 g/mol. The molecule has 0 aromatic heterocycles. The smallest absolute Gasteiger partial charge is 0.417 e. The molecule has 0 spiro atoms. The predicted octanol–water partition coefficient (Wildman–Crippen LogP) is 6.04. The second-order valence-electron chi connectivity index (χ2n) is 11.1. The van der Waals surface area contributed by atoms with Gasteiger partial charge < -0.3 is 29.5 Å². The quantitative estimate of drug-likeness (QED) is 0.261. The fourth-order valence-electron chi connectivity index (χ4n) is 5.39. The molecule has 1 heterocycles. The summed E-state index contributed by atoms with van der Waals surface area (Å²) in [7, 11) is 0. The van der Waals surface area contributed by atoms with Crippen LogP contribution in [-0.4, -0.2) is 46.2 Å². The molecular formula is C31H30F4O7. The molecule has 0 amide bonds. The first-order valence-electron chi connectivity index (χ1n) is 13.4. The van der Waals surface area contributed by atoms with Gasteiger partial charge in [0.1, 0.15) is 41.9 Å². The van der Waals surface area contributed by atoms with Crippen LogP contribution in [0.1, 0.15) is 61.0 Å². The van der Waals surface area contributed by atoms with E-state index in [0.717, 1.165) is 5.56 Å². The highest BCUT2D eigenvalue weighted by molar-refractivity contribution is 5.75. The minimum atomic E-state index is -4.82. The first kappa shape index (κ1) is 29.7. The molecule has 7 nitrogen and oxygen atoms in total. The summed E-state index contributed by atoms with van der Waals surface area (Å²) in [5.74, 6) is -1.19. The molecule has 3 N–H and O–H groups in total. The van der Waals surface area contributed by atoms with Gasteiger partial charge in [0.15, 0.2) is 0 Å². The summed E-state index contributed by atoms with van der Waals surface area (Å²) in [6, 6.07) is 11.2. The van der Waals surface area contributed by atoms with Crippen LogP contribution in [0.4, 0.5) is 17.6 Å². The topological polar surface area (TPSA) is 105 Å². The van der Waals surface area contributed by atoms with Gasteiger partial charge in [-0.3, -0.25) is 4.79 Å². The van der Waals surface area contributed by atoms with Gasteiger partial charge in [-0.15, -0.1) is 0 Å². The molecule has 0 fully saturated rings. The number of benzene rings is 3. The molecule has 0 bridgehead atoms. The van der Waals surface area contributed by atoms with Crippen molar-refractivity contribution in [3.63, 3.8) is 0 Å². The van der Waals surface area contributed by atoms with E-state index >= 15 is 4.39 Å². The second kappa shape index (κ2) is 11.1. The van der Waals surface area contributed by atoms with E-state index in [2.05, 4.69) is 0 Å². The zero-order valence-electron chi connectivity index (χ0n) is 22.9. The van der Waals surface area contributed by atoms with Crippen LogP contribution in [0.3, 0.4) is 0 Å². The maximum atomic E-state index is 15.3. The lowest BCUT2D eigenvalue weighted by atomic mass is 9.91. The number of carbonyl (C=O) groups is 1. The number of halogens is 4. The molecule has 3 aromatic rings. The van der Waals surface area contributed by atoms with Crippen LogP contribution in [0.2, 0.25) is 0 Å². The highest BCUT2D eigenvalue weighted by Crippen LogP contribution is 2.48. The Bertz CT molecular complexity index is 1480. The lowest BCUT2D eigenvalue weighted by molar-refractivity contribution is -0.138. The Kier molecular flexibility index (Phi) is 7.84. The van der Waals surface area contributed by atoms with Crippen LogP contribution in [0, 0.1) is 5.82 Å². The molecule has 5 rings (SSSR count). The molecule has 42 heavy (non-hydrogen) atoms. The Morgan fingerprint density at radius 2 is 1.79 bits per heavy atom. The Morgan fingerprint density at radius 1 is 1.10 bits per heavy atom. The lowest BCUT2D eigenvalue weighted by Gasteiger charge is -2.24. The van der Waals surface area contributed by atoms with Crippen LogP contribution < -0.4 is 14.2 Å². The second-order valence-corrected chi connectivity index (χ2v) is 11.1. The Morgan fingerprint density at radius 3 is 2.43 bits per heavy atom. The first-order valence-corrected chi connectivity index (χ1v) is 13.4. The largest absolute Gasteiger partial charge is 0.492 e. The minimum absolute atomic E-state index is 0.0526. The molecule has 224 valence electrons. The predicted molar refractivity (Wildman–Crippen MR) is 143 cm³/mol. The van der Waals surface area contributed by atoms with Crippen molar-refractivity contribution in [2.24, 2.45) is 0 Å². The average Bonchev–Trinajstić information content (AvgIpc) is 3.50. The third-order valence-corrected chi connectivity index (χ3v) is 7.64. The van der Waals surface area contributed by atoms with Crippen molar-refractivity contribution in [3.05, 3.63) is 76.6 Å².